The highest BCUT2D eigenvalue weighted by Crippen LogP contribution is 2.56. The maximum absolute atomic E-state index is 2.46. The maximum Gasteiger partial charge on any atom is -0.0321 e. The summed E-state index contributed by atoms with van der Waals surface area (Å²) in [7, 11) is 0. The molecule has 0 heterocycles. The molecule has 0 nitrogen and oxygen atoms in total. The van der Waals surface area contributed by atoms with Gasteiger partial charge in [-0.3, -0.25) is 0 Å². The van der Waals surface area contributed by atoms with Crippen LogP contribution in [0.15, 0.2) is 0 Å². The Morgan fingerprint density at radius 3 is 1.47 bits per heavy atom. The summed E-state index contributed by atoms with van der Waals surface area (Å²) in [6.45, 7) is 19.5. The second-order valence-corrected chi connectivity index (χ2v) is 8.17. The molecule has 0 heteroatoms. The van der Waals surface area contributed by atoms with Crippen molar-refractivity contribution in [2.45, 2.75) is 68.2 Å². The van der Waals surface area contributed by atoms with Crippen molar-refractivity contribution in [1.82, 2.24) is 0 Å². The van der Waals surface area contributed by atoms with E-state index in [-0.39, 0.29) is 0 Å². The highest BCUT2D eigenvalue weighted by Gasteiger charge is 2.47. The van der Waals surface area contributed by atoms with E-state index in [9.17, 15) is 0 Å². The predicted molar refractivity (Wildman–Crippen MR) is 68.9 cm³/mol. The van der Waals surface area contributed by atoms with Gasteiger partial charge in [0, 0.05) is 0 Å². The zero-order valence-corrected chi connectivity index (χ0v) is 12.1. The van der Waals surface area contributed by atoms with Crippen LogP contribution in [0.3, 0.4) is 0 Å². The minimum absolute atomic E-state index is 0.467. The Hall–Kier alpha value is 0. The van der Waals surface area contributed by atoms with Crippen LogP contribution >= 0.6 is 0 Å². The molecule has 0 aromatic rings. The van der Waals surface area contributed by atoms with Crippen LogP contribution in [0.4, 0.5) is 0 Å². The zero-order valence-electron chi connectivity index (χ0n) is 12.1. The third-order valence-corrected chi connectivity index (χ3v) is 5.11. The molecule has 0 spiro atoms. The molecule has 15 heavy (non-hydrogen) atoms. The van der Waals surface area contributed by atoms with Crippen molar-refractivity contribution in [1.29, 1.82) is 0 Å². The maximum atomic E-state index is 2.46. The summed E-state index contributed by atoms with van der Waals surface area (Å²) in [5.74, 6) is 1.70. The Morgan fingerprint density at radius 2 is 1.20 bits per heavy atom. The Bertz CT molecular complexity index is 209. The van der Waals surface area contributed by atoms with E-state index in [0.717, 1.165) is 11.8 Å². The standard InChI is InChI=1S/C15H30/c1-11-14(5,6)9-12(13(2,3)4)10-15(11,7)8/h11-12H,9-10H2,1-8H3. The Kier molecular flexibility index (Phi) is 3.05. The van der Waals surface area contributed by atoms with Crippen molar-refractivity contribution in [3.63, 3.8) is 0 Å². The van der Waals surface area contributed by atoms with Crippen LogP contribution in [-0.2, 0) is 0 Å². The van der Waals surface area contributed by atoms with Gasteiger partial charge < -0.3 is 0 Å². The minimum Gasteiger partial charge on any atom is -0.0615 e. The van der Waals surface area contributed by atoms with Crippen molar-refractivity contribution in [2.75, 3.05) is 0 Å². The molecule has 0 aromatic carbocycles. The molecule has 0 aromatic heterocycles. The smallest absolute Gasteiger partial charge is 0.0321 e. The van der Waals surface area contributed by atoms with Gasteiger partial charge in [0.25, 0.3) is 0 Å². The molecule has 90 valence electrons. The molecule has 0 unspecified atom stereocenters. The third kappa shape index (κ3) is 2.57. The van der Waals surface area contributed by atoms with E-state index in [0.29, 0.717) is 16.2 Å². The largest absolute Gasteiger partial charge is 0.0615 e. The van der Waals surface area contributed by atoms with Crippen LogP contribution < -0.4 is 0 Å². The van der Waals surface area contributed by atoms with Crippen LogP contribution in [0.1, 0.15) is 68.2 Å². The molecular formula is C15H30. The average molecular weight is 210 g/mol. The van der Waals surface area contributed by atoms with Gasteiger partial charge in [-0.25, -0.2) is 0 Å². The summed E-state index contributed by atoms with van der Waals surface area (Å²) in [4.78, 5) is 0. The highest BCUT2D eigenvalue weighted by molar-refractivity contribution is 4.96. The van der Waals surface area contributed by atoms with E-state index in [1.165, 1.54) is 12.8 Å². The van der Waals surface area contributed by atoms with E-state index in [4.69, 9.17) is 0 Å². The molecule has 0 saturated heterocycles. The van der Waals surface area contributed by atoms with Crippen molar-refractivity contribution >= 4 is 0 Å². The lowest BCUT2D eigenvalue weighted by Crippen LogP contribution is -2.45. The Balaban J connectivity index is 2.94. The van der Waals surface area contributed by atoms with Gasteiger partial charge in [-0.1, -0.05) is 55.4 Å². The van der Waals surface area contributed by atoms with Gasteiger partial charge in [0.1, 0.15) is 0 Å². The molecule has 1 saturated carbocycles. The average Bonchev–Trinajstić information content (AvgIpc) is 1.97. The van der Waals surface area contributed by atoms with E-state index < -0.39 is 0 Å². The van der Waals surface area contributed by atoms with Gasteiger partial charge in [-0.05, 0) is 40.9 Å². The van der Waals surface area contributed by atoms with Gasteiger partial charge in [0.05, 0.1) is 0 Å². The molecule has 1 aliphatic carbocycles. The third-order valence-electron chi connectivity index (χ3n) is 5.11. The molecule has 0 bridgehead atoms. The lowest BCUT2D eigenvalue weighted by atomic mass is 9.51. The Morgan fingerprint density at radius 1 is 0.867 bits per heavy atom. The quantitative estimate of drug-likeness (QED) is 0.520. The number of hydrogen-bond donors (Lipinski definition) is 0. The topological polar surface area (TPSA) is 0 Å². The fourth-order valence-electron chi connectivity index (χ4n) is 3.37. The fraction of sp³-hybridized carbons (Fsp3) is 1.00. The minimum atomic E-state index is 0.467. The van der Waals surface area contributed by atoms with Crippen LogP contribution in [0.5, 0.6) is 0 Å². The summed E-state index contributed by atoms with van der Waals surface area (Å²) >= 11 is 0. The van der Waals surface area contributed by atoms with Crippen molar-refractivity contribution in [3.8, 4) is 0 Å². The number of rotatable bonds is 0. The van der Waals surface area contributed by atoms with Gasteiger partial charge in [0.2, 0.25) is 0 Å². The SMILES string of the molecule is CC1C(C)(C)CC(C(C)(C)C)CC1(C)C. The molecule has 0 atom stereocenters. The predicted octanol–water partition coefficient (Wildman–Crippen LogP) is 5.13. The lowest BCUT2D eigenvalue weighted by molar-refractivity contribution is -0.0407. The first-order valence-corrected chi connectivity index (χ1v) is 6.47. The van der Waals surface area contributed by atoms with E-state index in [1.54, 1.807) is 0 Å². The summed E-state index contributed by atoms with van der Waals surface area (Å²) in [5.41, 5.74) is 1.47. The van der Waals surface area contributed by atoms with Gasteiger partial charge in [-0.15, -0.1) is 0 Å². The summed E-state index contributed by atoms with van der Waals surface area (Å²) in [6.07, 6.45) is 2.78. The molecule has 1 rings (SSSR count). The molecule has 0 aliphatic heterocycles. The molecule has 0 amide bonds. The summed E-state index contributed by atoms with van der Waals surface area (Å²) in [6, 6.07) is 0. The van der Waals surface area contributed by atoms with Gasteiger partial charge in [0.15, 0.2) is 0 Å². The number of hydrogen-bond acceptors (Lipinski definition) is 0. The second-order valence-electron chi connectivity index (χ2n) is 8.17. The summed E-state index contributed by atoms with van der Waals surface area (Å²) < 4.78 is 0. The molecular weight excluding hydrogens is 180 g/mol. The highest BCUT2D eigenvalue weighted by atomic mass is 14.5. The van der Waals surface area contributed by atoms with Crippen LogP contribution in [-0.4, -0.2) is 0 Å². The lowest BCUT2D eigenvalue weighted by Gasteiger charge is -2.54. The van der Waals surface area contributed by atoms with Crippen LogP contribution in [0.25, 0.3) is 0 Å². The zero-order chi connectivity index (χ0) is 12.1. The molecule has 0 N–H and O–H groups in total. The van der Waals surface area contributed by atoms with E-state index in [2.05, 4.69) is 55.4 Å². The first-order valence-electron chi connectivity index (χ1n) is 6.47. The van der Waals surface area contributed by atoms with E-state index in [1.807, 2.05) is 0 Å². The van der Waals surface area contributed by atoms with Crippen molar-refractivity contribution in [2.24, 2.45) is 28.1 Å². The second kappa shape index (κ2) is 3.50. The molecule has 1 aliphatic rings. The Labute approximate surface area is 96.8 Å². The van der Waals surface area contributed by atoms with E-state index >= 15 is 0 Å². The summed E-state index contributed by atoms with van der Waals surface area (Å²) in [5, 5.41) is 0. The molecule has 1 fully saturated rings. The first-order chi connectivity index (χ1) is 6.47. The molecule has 0 radical (unpaired) electrons. The normalized spacial score (nSPS) is 35.2. The monoisotopic (exact) mass is 210 g/mol. The first kappa shape index (κ1) is 13.1. The van der Waals surface area contributed by atoms with Gasteiger partial charge in [-0.2, -0.15) is 0 Å². The van der Waals surface area contributed by atoms with Crippen molar-refractivity contribution in [3.05, 3.63) is 0 Å². The fourth-order valence-corrected chi connectivity index (χ4v) is 3.37. The van der Waals surface area contributed by atoms with Crippen LogP contribution in [0.2, 0.25) is 0 Å². The van der Waals surface area contributed by atoms with Crippen molar-refractivity contribution < 1.29 is 0 Å². The van der Waals surface area contributed by atoms with Gasteiger partial charge >= 0.3 is 0 Å². The van der Waals surface area contributed by atoms with Crippen LogP contribution in [0, 0.1) is 28.1 Å².